The van der Waals surface area contributed by atoms with Crippen LogP contribution in [0.15, 0.2) is 30.3 Å². The number of anilines is 1. The van der Waals surface area contributed by atoms with E-state index in [-0.39, 0.29) is 5.82 Å². The van der Waals surface area contributed by atoms with Gasteiger partial charge in [0.05, 0.1) is 23.6 Å². The third-order valence-corrected chi connectivity index (χ3v) is 2.84. The fourth-order valence-corrected chi connectivity index (χ4v) is 1.90. The van der Waals surface area contributed by atoms with Gasteiger partial charge in [-0.2, -0.15) is 5.26 Å². The Morgan fingerprint density at radius 2 is 2.05 bits per heavy atom. The van der Waals surface area contributed by atoms with Gasteiger partial charge in [0.15, 0.2) is 0 Å². The summed E-state index contributed by atoms with van der Waals surface area (Å²) in [7, 11) is 0. The zero-order valence-corrected chi connectivity index (χ0v) is 10.8. The third-order valence-electron chi connectivity index (χ3n) is 2.84. The van der Waals surface area contributed by atoms with Crippen LogP contribution < -0.4 is 5.32 Å². The largest absolute Gasteiger partial charge is 0.481 e. The molecule has 21 heavy (non-hydrogen) atoms. The van der Waals surface area contributed by atoms with Crippen molar-refractivity contribution in [1.82, 2.24) is 4.98 Å². The Balaban J connectivity index is 2.40. The molecule has 0 aliphatic rings. The Bertz CT molecular complexity index is 751. The van der Waals surface area contributed by atoms with E-state index in [0.717, 1.165) is 0 Å². The predicted octanol–water partition coefficient (Wildman–Crippen LogP) is 1.45. The van der Waals surface area contributed by atoms with Gasteiger partial charge in [-0.05, 0) is 12.1 Å². The maximum absolute atomic E-state index is 11.0. The number of para-hydroxylation sites is 1. The van der Waals surface area contributed by atoms with E-state index in [1.165, 1.54) is 6.07 Å². The third kappa shape index (κ3) is 3.25. The van der Waals surface area contributed by atoms with Crippen molar-refractivity contribution in [3.8, 4) is 6.07 Å². The van der Waals surface area contributed by atoms with Crippen LogP contribution in [0.5, 0.6) is 0 Å². The van der Waals surface area contributed by atoms with Gasteiger partial charge in [-0.15, -0.1) is 0 Å². The number of fused-ring (bicyclic) bond motifs is 1. The molecule has 0 aliphatic heterocycles. The monoisotopic (exact) mass is 285 g/mol. The first-order chi connectivity index (χ1) is 10.0. The second kappa shape index (κ2) is 5.88. The van der Waals surface area contributed by atoms with Gasteiger partial charge < -0.3 is 15.5 Å². The number of nitrogens with zero attached hydrogens (tertiary/aromatic N) is 2. The summed E-state index contributed by atoms with van der Waals surface area (Å²) < 4.78 is 0. The lowest BCUT2D eigenvalue weighted by molar-refractivity contribution is -0.144. The van der Waals surface area contributed by atoms with E-state index in [2.05, 4.69) is 10.3 Å². The molecule has 2 rings (SSSR count). The van der Waals surface area contributed by atoms with Crippen molar-refractivity contribution >= 4 is 28.7 Å². The predicted molar refractivity (Wildman–Crippen MR) is 73.8 cm³/mol. The molecule has 0 aliphatic carbocycles. The van der Waals surface area contributed by atoms with Crippen molar-refractivity contribution < 1.29 is 19.8 Å². The van der Waals surface area contributed by atoms with Crippen LogP contribution in [0.2, 0.25) is 0 Å². The summed E-state index contributed by atoms with van der Waals surface area (Å²) in [5.74, 6) is -2.39. The Hall–Kier alpha value is -3.14. The minimum absolute atomic E-state index is 0.152. The highest BCUT2D eigenvalue weighted by atomic mass is 16.4. The molecule has 1 atom stereocenters. The molecule has 1 aromatic carbocycles. The number of carboxylic acid groups (broad SMARTS) is 2. The van der Waals surface area contributed by atoms with Crippen LogP contribution in [0.25, 0.3) is 10.9 Å². The Labute approximate surface area is 119 Å². The molecular weight excluding hydrogens is 274 g/mol. The lowest BCUT2D eigenvalue weighted by Crippen LogP contribution is -2.32. The minimum Gasteiger partial charge on any atom is -0.481 e. The first-order valence-corrected chi connectivity index (χ1v) is 6.02. The van der Waals surface area contributed by atoms with Gasteiger partial charge in [-0.3, -0.25) is 4.79 Å². The van der Waals surface area contributed by atoms with Crippen LogP contribution in [-0.4, -0.2) is 33.2 Å². The van der Waals surface area contributed by atoms with Gasteiger partial charge in [0.25, 0.3) is 0 Å². The number of aromatic nitrogens is 1. The molecule has 0 amide bonds. The Morgan fingerprint density at radius 1 is 1.33 bits per heavy atom. The fourth-order valence-electron chi connectivity index (χ4n) is 1.90. The summed E-state index contributed by atoms with van der Waals surface area (Å²) in [5.41, 5.74) is 0.862. The van der Waals surface area contributed by atoms with Gasteiger partial charge in [-0.25, -0.2) is 9.78 Å². The summed E-state index contributed by atoms with van der Waals surface area (Å²) in [6.45, 7) is 0. The molecule has 7 heteroatoms. The maximum Gasteiger partial charge on any atom is 0.326 e. The molecule has 7 nitrogen and oxygen atoms in total. The van der Waals surface area contributed by atoms with E-state index in [1.807, 2.05) is 6.07 Å². The first-order valence-electron chi connectivity index (χ1n) is 6.02. The van der Waals surface area contributed by atoms with Crippen molar-refractivity contribution in [3.63, 3.8) is 0 Å². The minimum atomic E-state index is -1.32. The standard InChI is InChI=1S/C14H11N3O4/c15-7-8-5-12(16-10-4-2-1-3-9(8)10)17-11(14(20)21)6-13(18)19/h1-5,11H,6H2,(H,16,17)(H,18,19)(H,20,21). The molecule has 0 spiro atoms. The summed E-state index contributed by atoms with van der Waals surface area (Å²) in [5, 5.41) is 30.0. The van der Waals surface area contributed by atoms with E-state index < -0.39 is 24.4 Å². The van der Waals surface area contributed by atoms with Gasteiger partial charge >= 0.3 is 11.9 Å². The normalized spacial score (nSPS) is 11.6. The van der Waals surface area contributed by atoms with E-state index in [4.69, 9.17) is 15.5 Å². The number of hydrogen-bond acceptors (Lipinski definition) is 5. The summed E-state index contributed by atoms with van der Waals surface area (Å²) in [6, 6.07) is 9.03. The van der Waals surface area contributed by atoms with E-state index in [1.54, 1.807) is 24.3 Å². The summed E-state index contributed by atoms with van der Waals surface area (Å²) in [4.78, 5) is 25.9. The average molecular weight is 285 g/mol. The molecular formula is C14H11N3O4. The second-order valence-corrected chi connectivity index (χ2v) is 4.32. The number of hydrogen-bond donors (Lipinski definition) is 3. The van der Waals surface area contributed by atoms with Gasteiger partial charge in [0.2, 0.25) is 0 Å². The SMILES string of the molecule is N#Cc1cc(NC(CC(=O)O)C(=O)O)nc2ccccc12. The van der Waals surface area contributed by atoms with Crippen molar-refractivity contribution in [2.24, 2.45) is 0 Å². The lowest BCUT2D eigenvalue weighted by Gasteiger charge is -2.14. The fraction of sp³-hybridized carbons (Fsp3) is 0.143. The number of benzene rings is 1. The van der Waals surface area contributed by atoms with Crippen LogP contribution in [0.4, 0.5) is 5.82 Å². The highest BCUT2D eigenvalue weighted by Crippen LogP contribution is 2.20. The number of carboxylic acids is 2. The molecule has 2 aromatic rings. The van der Waals surface area contributed by atoms with Crippen LogP contribution in [0, 0.1) is 11.3 Å². The van der Waals surface area contributed by atoms with Crippen molar-refractivity contribution in [2.45, 2.75) is 12.5 Å². The zero-order chi connectivity index (χ0) is 15.4. The number of aliphatic carboxylic acids is 2. The number of nitriles is 1. The molecule has 1 aromatic heterocycles. The average Bonchev–Trinajstić information content (AvgIpc) is 2.45. The Morgan fingerprint density at radius 3 is 2.67 bits per heavy atom. The van der Waals surface area contributed by atoms with Crippen LogP contribution in [-0.2, 0) is 9.59 Å². The second-order valence-electron chi connectivity index (χ2n) is 4.32. The van der Waals surface area contributed by atoms with Crippen molar-refractivity contribution in [1.29, 1.82) is 5.26 Å². The van der Waals surface area contributed by atoms with Gasteiger partial charge in [0.1, 0.15) is 11.9 Å². The highest BCUT2D eigenvalue weighted by molar-refractivity contribution is 5.88. The quantitative estimate of drug-likeness (QED) is 0.759. The first kappa shape index (κ1) is 14.3. The lowest BCUT2D eigenvalue weighted by atomic mass is 10.1. The van der Waals surface area contributed by atoms with Crippen LogP contribution in [0.1, 0.15) is 12.0 Å². The molecule has 1 unspecified atom stereocenters. The molecule has 106 valence electrons. The van der Waals surface area contributed by atoms with Crippen molar-refractivity contribution in [3.05, 3.63) is 35.9 Å². The van der Waals surface area contributed by atoms with Crippen molar-refractivity contribution in [2.75, 3.05) is 5.32 Å². The smallest absolute Gasteiger partial charge is 0.326 e. The van der Waals surface area contributed by atoms with Gasteiger partial charge in [-0.1, -0.05) is 18.2 Å². The van der Waals surface area contributed by atoms with Crippen LogP contribution >= 0.6 is 0 Å². The van der Waals surface area contributed by atoms with E-state index >= 15 is 0 Å². The topological polar surface area (TPSA) is 123 Å². The molecule has 0 saturated heterocycles. The van der Waals surface area contributed by atoms with E-state index in [0.29, 0.717) is 16.5 Å². The van der Waals surface area contributed by atoms with E-state index in [9.17, 15) is 9.59 Å². The number of pyridine rings is 1. The summed E-state index contributed by atoms with van der Waals surface area (Å²) >= 11 is 0. The summed E-state index contributed by atoms with van der Waals surface area (Å²) in [6.07, 6.45) is -0.592. The van der Waals surface area contributed by atoms with Gasteiger partial charge in [0, 0.05) is 5.39 Å². The molecule has 1 heterocycles. The Kier molecular flexibility index (Phi) is 4.00. The van der Waals surface area contributed by atoms with Crippen LogP contribution in [0.3, 0.4) is 0 Å². The highest BCUT2D eigenvalue weighted by Gasteiger charge is 2.21. The number of nitrogens with one attached hydrogen (secondary N) is 1. The molecule has 0 fully saturated rings. The molecule has 3 N–H and O–H groups in total. The number of rotatable bonds is 5. The molecule has 0 bridgehead atoms. The maximum atomic E-state index is 11.0. The molecule has 0 radical (unpaired) electrons. The molecule has 0 saturated carbocycles. The number of carbonyl (C=O) groups is 2. The zero-order valence-electron chi connectivity index (χ0n) is 10.8.